The largest absolute Gasteiger partial charge is 0.486 e. The monoisotopic (exact) mass is 493 g/mol. The number of fused-ring (bicyclic) bond motifs is 1. The van der Waals surface area contributed by atoms with Crippen LogP contribution >= 0.6 is 0 Å². The molecule has 0 aliphatic carbocycles. The van der Waals surface area contributed by atoms with Gasteiger partial charge in [0.25, 0.3) is 5.91 Å². The Bertz CT molecular complexity index is 1220. The van der Waals surface area contributed by atoms with E-state index in [1.165, 1.54) is 12.1 Å². The van der Waals surface area contributed by atoms with Crippen molar-refractivity contribution in [2.75, 3.05) is 33.7 Å². The number of carbonyl (C=O) groups excluding carboxylic acids is 2. The van der Waals surface area contributed by atoms with Crippen molar-refractivity contribution in [3.8, 4) is 5.75 Å². The molecule has 1 aliphatic rings. The Hall–Kier alpha value is -3.65. The molecule has 1 aromatic heterocycles. The standard InChI is InChI=1S/C28H32FN3O4/c1-4-26(33)32-14-12-19-8-9-22(17-24(19)27(32)20-6-5-7-21(29)16-20)35-18-23-10-11-25(36-23)28(34)30-13-15-31(2)3/h5-11,16-17,27H,4,12-15,18H2,1-3H3,(H,30,34)/t27-/m0/s1. The first-order valence-electron chi connectivity index (χ1n) is 12.2. The summed E-state index contributed by atoms with van der Waals surface area (Å²) in [6.45, 7) is 3.81. The van der Waals surface area contributed by atoms with E-state index in [0.717, 1.165) is 29.7 Å². The minimum Gasteiger partial charge on any atom is -0.486 e. The van der Waals surface area contributed by atoms with E-state index in [1.54, 1.807) is 18.2 Å². The van der Waals surface area contributed by atoms with Gasteiger partial charge in [-0.3, -0.25) is 9.59 Å². The van der Waals surface area contributed by atoms with Crippen LogP contribution in [0.2, 0.25) is 0 Å². The molecule has 0 bridgehead atoms. The van der Waals surface area contributed by atoms with Gasteiger partial charge < -0.3 is 24.3 Å². The Kier molecular flexibility index (Phi) is 8.05. The number of nitrogens with one attached hydrogen (secondary N) is 1. The van der Waals surface area contributed by atoms with E-state index in [9.17, 15) is 14.0 Å². The highest BCUT2D eigenvalue weighted by molar-refractivity contribution is 5.91. The van der Waals surface area contributed by atoms with Gasteiger partial charge in [-0.05, 0) is 73.6 Å². The van der Waals surface area contributed by atoms with Crippen LogP contribution in [-0.2, 0) is 17.8 Å². The second-order valence-electron chi connectivity index (χ2n) is 9.12. The number of likely N-dealkylation sites (N-methyl/N-ethyl adjacent to an activating group) is 1. The summed E-state index contributed by atoms with van der Waals surface area (Å²) in [5, 5.41) is 2.82. The lowest BCUT2D eigenvalue weighted by atomic mass is 9.87. The molecule has 7 nitrogen and oxygen atoms in total. The summed E-state index contributed by atoms with van der Waals surface area (Å²) in [5.74, 6) is 0.779. The number of hydrogen-bond acceptors (Lipinski definition) is 5. The van der Waals surface area contributed by atoms with Crippen molar-refractivity contribution >= 4 is 11.8 Å². The third-order valence-corrected chi connectivity index (χ3v) is 6.24. The highest BCUT2D eigenvalue weighted by Gasteiger charge is 2.32. The van der Waals surface area contributed by atoms with Gasteiger partial charge in [0.05, 0.1) is 6.04 Å². The molecule has 2 amide bonds. The maximum absolute atomic E-state index is 14.1. The molecule has 4 rings (SSSR count). The van der Waals surface area contributed by atoms with Gasteiger partial charge in [-0.25, -0.2) is 4.39 Å². The highest BCUT2D eigenvalue weighted by atomic mass is 19.1. The van der Waals surface area contributed by atoms with E-state index >= 15 is 0 Å². The minimum atomic E-state index is -0.387. The van der Waals surface area contributed by atoms with E-state index in [2.05, 4.69) is 5.32 Å². The number of halogens is 1. The Morgan fingerprint density at radius 1 is 1.17 bits per heavy atom. The maximum atomic E-state index is 14.1. The van der Waals surface area contributed by atoms with Crippen molar-refractivity contribution in [1.82, 2.24) is 15.1 Å². The summed E-state index contributed by atoms with van der Waals surface area (Å²) in [6.07, 6.45) is 1.10. The normalized spacial score (nSPS) is 15.0. The average Bonchev–Trinajstić information content (AvgIpc) is 3.35. The Morgan fingerprint density at radius 3 is 2.75 bits per heavy atom. The first-order valence-corrected chi connectivity index (χ1v) is 12.2. The predicted octanol–water partition coefficient (Wildman–Crippen LogP) is 4.17. The van der Waals surface area contributed by atoms with Gasteiger partial charge in [-0.15, -0.1) is 0 Å². The first-order chi connectivity index (χ1) is 17.4. The summed E-state index contributed by atoms with van der Waals surface area (Å²) < 4.78 is 25.7. The van der Waals surface area contributed by atoms with Crippen LogP contribution in [0.5, 0.6) is 5.75 Å². The van der Waals surface area contributed by atoms with Gasteiger partial charge in [0.2, 0.25) is 5.91 Å². The molecule has 8 heteroatoms. The summed E-state index contributed by atoms with van der Waals surface area (Å²) in [4.78, 5) is 28.8. The lowest BCUT2D eigenvalue weighted by molar-refractivity contribution is -0.132. The topological polar surface area (TPSA) is 75.0 Å². The van der Waals surface area contributed by atoms with Gasteiger partial charge in [0, 0.05) is 26.1 Å². The number of carbonyl (C=O) groups is 2. The minimum absolute atomic E-state index is 0.0215. The van der Waals surface area contributed by atoms with Gasteiger partial charge in [0.1, 0.15) is 23.9 Å². The fraction of sp³-hybridized carbons (Fsp3) is 0.357. The molecular formula is C28H32FN3O4. The lowest BCUT2D eigenvalue weighted by Gasteiger charge is -2.38. The predicted molar refractivity (Wildman–Crippen MR) is 134 cm³/mol. The van der Waals surface area contributed by atoms with Crippen molar-refractivity contribution < 1.29 is 23.1 Å². The van der Waals surface area contributed by atoms with Gasteiger partial charge in [-0.2, -0.15) is 0 Å². The molecule has 0 saturated carbocycles. The Balaban J connectivity index is 1.50. The second kappa shape index (κ2) is 11.4. The van der Waals surface area contributed by atoms with Gasteiger partial charge in [-0.1, -0.05) is 25.1 Å². The zero-order valence-corrected chi connectivity index (χ0v) is 20.9. The molecule has 3 aromatic rings. The second-order valence-corrected chi connectivity index (χ2v) is 9.12. The molecule has 1 aliphatic heterocycles. The van der Waals surface area contributed by atoms with Crippen molar-refractivity contribution in [1.29, 1.82) is 0 Å². The number of nitrogens with zero attached hydrogens (tertiary/aromatic N) is 2. The molecule has 1 N–H and O–H groups in total. The third-order valence-electron chi connectivity index (χ3n) is 6.24. The average molecular weight is 494 g/mol. The fourth-order valence-electron chi connectivity index (χ4n) is 4.40. The number of benzene rings is 2. The number of furan rings is 1. The molecule has 2 heterocycles. The summed E-state index contributed by atoms with van der Waals surface area (Å²) in [5.41, 5.74) is 2.75. The fourth-order valence-corrected chi connectivity index (χ4v) is 4.40. The molecular weight excluding hydrogens is 461 g/mol. The summed E-state index contributed by atoms with van der Waals surface area (Å²) in [6, 6.07) is 15.2. The zero-order chi connectivity index (χ0) is 25.7. The molecule has 0 radical (unpaired) electrons. The Morgan fingerprint density at radius 2 is 2.00 bits per heavy atom. The molecule has 0 unspecified atom stereocenters. The third kappa shape index (κ3) is 5.94. The molecule has 2 aromatic carbocycles. The number of amides is 2. The zero-order valence-electron chi connectivity index (χ0n) is 20.9. The SMILES string of the molecule is CCC(=O)N1CCc2ccc(OCc3ccc(C(=O)NCCN(C)C)o3)cc2[C@@H]1c1cccc(F)c1. The van der Waals surface area contributed by atoms with Crippen LogP contribution in [0, 0.1) is 5.82 Å². The molecule has 1 atom stereocenters. The van der Waals surface area contributed by atoms with Crippen LogP contribution in [0.15, 0.2) is 59.0 Å². The smallest absolute Gasteiger partial charge is 0.287 e. The number of ether oxygens (including phenoxy) is 1. The molecule has 190 valence electrons. The van der Waals surface area contributed by atoms with Crippen LogP contribution in [0.1, 0.15) is 52.4 Å². The Labute approximate surface area is 210 Å². The van der Waals surface area contributed by atoms with E-state index in [1.807, 2.05) is 55.1 Å². The van der Waals surface area contributed by atoms with Crippen LogP contribution in [0.3, 0.4) is 0 Å². The van der Waals surface area contributed by atoms with E-state index in [4.69, 9.17) is 9.15 Å². The molecule has 0 fully saturated rings. The van der Waals surface area contributed by atoms with Crippen molar-refractivity contribution in [3.63, 3.8) is 0 Å². The molecule has 0 spiro atoms. The van der Waals surface area contributed by atoms with Crippen LogP contribution in [-0.4, -0.2) is 55.3 Å². The molecule has 0 saturated heterocycles. The maximum Gasteiger partial charge on any atom is 0.287 e. The van der Waals surface area contributed by atoms with E-state index in [0.29, 0.717) is 31.0 Å². The van der Waals surface area contributed by atoms with Crippen LogP contribution < -0.4 is 10.1 Å². The highest BCUT2D eigenvalue weighted by Crippen LogP contribution is 2.37. The van der Waals surface area contributed by atoms with E-state index in [-0.39, 0.29) is 36.0 Å². The van der Waals surface area contributed by atoms with Crippen molar-refractivity contribution in [3.05, 3.63) is 88.6 Å². The van der Waals surface area contributed by atoms with Crippen LogP contribution in [0.25, 0.3) is 0 Å². The summed E-state index contributed by atoms with van der Waals surface area (Å²) >= 11 is 0. The quantitative estimate of drug-likeness (QED) is 0.484. The molecule has 36 heavy (non-hydrogen) atoms. The number of rotatable bonds is 9. The van der Waals surface area contributed by atoms with E-state index < -0.39 is 0 Å². The van der Waals surface area contributed by atoms with Crippen molar-refractivity contribution in [2.24, 2.45) is 0 Å². The van der Waals surface area contributed by atoms with Gasteiger partial charge in [0.15, 0.2) is 5.76 Å². The van der Waals surface area contributed by atoms with Gasteiger partial charge >= 0.3 is 0 Å². The first kappa shape index (κ1) is 25.4. The summed E-state index contributed by atoms with van der Waals surface area (Å²) in [7, 11) is 3.88. The lowest BCUT2D eigenvalue weighted by Crippen LogP contribution is -2.40. The van der Waals surface area contributed by atoms with Crippen LogP contribution in [0.4, 0.5) is 4.39 Å². The van der Waals surface area contributed by atoms with Crippen molar-refractivity contribution in [2.45, 2.75) is 32.4 Å². The number of hydrogen-bond donors (Lipinski definition) is 1.